The maximum absolute atomic E-state index is 13.7. The number of nitrogens with zero attached hydrogens (tertiary/aromatic N) is 1. The molecule has 9 heteroatoms. The largest absolute Gasteiger partial charge is 0.494 e. The molecule has 2 N–H and O–H groups in total. The van der Waals surface area contributed by atoms with Crippen molar-refractivity contribution in [3.63, 3.8) is 0 Å². The first kappa shape index (κ1) is 27.3. The molecule has 0 saturated carbocycles. The Balaban J connectivity index is 1.77. The minimum Gasteiger partial charge on any atom is -0.494 e. The van der Waals surface area contributed by atoms with Crippen LogP contribution in [-0.4, -0.2) is 48.9 Å². The van der Waals surface area contributed by atoms with Gasteiger partial charge in [0.05, 0.1) is 6.61 Å². The highest BCUT2D eigenvalue weighted by atomic mass is 79.9. The minimum atomic E-state index is -1.38. The van der Waals surface area contributed by atoms with Crippen LogP contribution in [0.4, 0.5) is 4.39 Å². The van der Waals surface area contributed by atoms with Crippen molar-refractivity contribution in [2.75, 3.05) is 26.4 Å². The fourth-order valence-corrected chi connectivity index (χ4v) is 4.93. The van der Waals surface area contributed by atoms with Gasteiger partial charge >= 0.3 is 0 Å². The van der Waals surface area contributed by atoms with Crippen molar-refractivity contribution in [2.24, 2.45) is 4.99 Å². The lowest BCUT2D eigenvalue weighted by molar-refractivity contribution is -0.129. The van der Waals surface area contributed by atoms with Crippen molar-refractivity contribution >= 4 is 43.7 Å². The van der Waals surface area contributed by atoms with E-state index in [1.807, 2.05) is 60.7 Å². The molecule has 4 rings (SSSR count). The lowest BCUT2D eigenvalue weighted by Crippen LogP contribution is -2.50. The Bertz CT molecular complexity index is 1240. The second kappa shape index (κ2) is 12.7. The number of carbonyl (C=O) groups is 1. The molecule has 1 aliphatic rings. The number of ether oxygens (including phenoxy) is 2. The second-order valence-corrected chi connectivity index (χ2v) is 10.3. The average Bonchev–Trinajstić information content (AvgIpc) is 3.29. The summed E-state index contributed by atoms with van der Waals surface area (Å²) in [5.74, 6) is 0.558. The molecule has 2 atom stereocenters. The summed E-state index contributed by atoms with van der Waals surface area (Å²) in [4.78, 5) is 18.7. The van der Waals surface area contributed by atoms with E-state index in [9.17, 15) is 9.18 Å². The maximum atomic E-state index is 13.7. The quantitative estimate of drug-likeness (QED) is 0.271. The molecular weight excluding hydrogens is 607 g/mol. The van der Waals surface area contributed by atoms with Gasteiger partial charge in [-0.2, -0.15) is 0 Å². The van der Waals surface area contributed by atoms with Crippen LogP contribution in [0.2, 0.25) is 0 Å². The van der Waals surface area contributed by atoms with E-state index in [1.165, 1.54) is 0 Å². The Morgan fingerprint density at radius 2 is 1.81 bits per heavy atom. The highest BCUT2D eigenvalue weighted by Crippen LogP contribution is 2.44. The third-order valence-corrected chi connectivity index (χ3v) is 7.24. The summed E-state index contributed by atoms with van der Waals surface area (Å²) >= 11 is 7.06. The van der Waals surface area contributed by atoms with E-state index in [2.05, 4.69) is 37.2 Å². The molecule has 3 aromatic carbocycles. The van der Waals surface area contributed by atoms with Crippen LogP contribution < -0.4 is 10.1 Å². The molecule has 0 radical (unpaired) electrons. The molecule has 1 aliphatic heterocycles. The van der Waals surface area contributed by atoms with E-state index >= 15 is 0 Å². The highest BCUT2D eigenvalue weighted by Gasteiger charge is 2.53. The van der Waals surface area contributed by atoms with Crippen molar-refractivity contribution in [3.8, 4) is 5.75 Å². The van der Waals surface area contributed by atoms with E-state index in [0.29, 0.717) is 30.2 Å². The third kappa shape index (κ3) is 6.40. The first-order chi connectivity index (χ1) is 18.0. The zero-order chi connectivity index (χ0) is 26.3. The van der Waals surface area contributed by atoms with Crippen LogP contribution in [0.25, 0.3) is 0 Å². The number of aliphatic hydroxyl groups excluding tert-OH is 1. The Morgan fingerprint density at radius 3 is 2.49 bits per heavy atom. The molecule has 0 aliphatic carbocycles. The number of aliphatic imine (C=N–C) groups is 1. The maximum Gasteiger partial charge on any atom is 0.252 e. The highest BCUT2D eigenvalue weighted by molar-refractivity contribution is 9.10. The van der Waals surface area contributed by atoms with Gasteiger partial charge in [-0.25, -0.2) is 9.38 Å². The van der Waals surface area contributed by atoms with Crippen LogP contribution in [0.15, 0.2) is 86.7 Å². The summed E-state index contributed by atoms with van der Waals surface area (Å²) in [5.41, 5.74) is 0.954. The molecule has 0 bridgehead atoms. The van der Waals surface area contributed by atoms with E-state index < -0.39 is 24.2 Å². The lowest BCUT2D eigenvalue weighted by Gasteiger charge is -2.31. The summed E-state index contributed by atoms with van der Waals surface area (Å²) in [6, 6.07) is 22.4. The smallest absolute Gasteiger partial charge is 0.252 e. The summed E-state index contributed by atoms with van der Waals surface area (Å²) in [6.07, 6.45) is 0.0235. The first-order valence-electron chi connectivity index (χ1n) is 11.9. The monoisotopic (exact) mass is 632 g/mol. The minimum absolute atomic E-state index is 0.0596. The van der Waals surface area contributed by atoms with Crippen LogP contribution >= 0.6 is 31.9 Å². The standard InChI is InChI=1S/C28H27Br2FN2O4/c29-21-10-6-19(7-11-21)18-28(27(35)32-15-14-31)25(23-4-1-2-5-24(23)30)37-26(33-28)20-8-12-22(13-9-20)36-17-3-16-34/h1-2,4-13,25,34H,3,14-18H2,(H,32,35)/t25-,28-/m1/s1. The molecule has 0 unspecified atom stereocenters. The van der Waals surface area contributed by atoms with E-state index in [0.717, 1.165) is 20.1 Å². The van der Waals surface area contributed by atoms with Gasteiger partial charge in [0.15, 0.2) is 11.6 Å². The Hall–Kier alpha value is -2.75. The molecule has 3 aromatic rings. The summed E-state index contributed by atoms with van der Waals surface area (Å²) in [7, 11) is 0. The van der Waals surface area contributed by atoms with Gasteiger partial charge in [-0.05, 0) is 48.0 Å². The predicted molar refractivity (Wildman–Crippen MR) is 148 cm³/mol. The normalized spacial score (nSPS) is 18.7. The van der Waals surface area contributed by atoms with Gasteiger partial charge in [-0.3, -0.25) is 4.79 Å². The molecule has 0 fully saturated rings. The molecule has 37 heavy (non-hydrogen) atoms. The van der Waals surface area contributed by atoms with Crippen molar-refractivity contribution in [3.05, 3.63) is 98.4 Å². The van der Waals surface area contributed by atoms with E-state index in [1.54, 1.807) is 12.1 Å². The van der Waals surface area contributed by atoms with Crippen LogP contribution in [-0.2, 0) is 16.0 Å². The van der Waals surface area contributed by atoms with Crippen LogP contribution in [0.5, 0.6) is 5.75 Å². The van der Waals surface area contributed by atoms with Gasteiger partial charge in [-0.1, -0.05) is 62.2 Å². The number of hydrogen-bond acceptors (Lipinski definition) is 5. The van der Waals surface area contributed by atoms with Crippen molar-refractivity contribution < 1.29 is 23.8 Å². The lowest BCUT2D eigenvalue weighted by atomic mass is 9.82. The number of alkyl halides is 1. The van der Waals surface area contributed by atoms with E-state index in [4.69, 9.17) is 19.6 Å². The number of benzene rings is 3. The van der Waals surface area contributed by atoms with Gasteiger partial charge in [0.25, 0.3) is 5.91 Å². The van der Waals surface area contributed by atoms with Crippen LogP contribution in [0, 0.1) is 0 Å². The fraction of sp³-hybridized carbons (Fsp3) is 0.286. The van der Waals surface area contributed by atoms with Crippen LogP contribution in [0.3, 0.4) is 0 Å². The molecule has 1 amide bonds. The van der Waals surface area contributed by atoms with Crippen molar-refractivity contribution in [1.29, 1.82) is 0 Å². The predicted octanol–water partition coefficient (Wildman–Crippen LogP) is 5.56. The van der Waals surface area contributed by atoms with E-state index in [-0.39, 0.29) is 19.6 Å². The SMILES string of the molecule is O=C(NCCF)[C@]1(Cc2ccc(Br)cc2)N=C(c2ccc(OCCCO)cc2)O[C@@H]1c1ccccc1Br. The molecule has 0 spiro atoms. The number of hydrogen-bond donors (Lipinski definition) is 2. The summed E-state index contributed by atoms with van der Waals surface area (Å²) in [6.45, 7) is -0.337. The van der Waals surface area contributed by atoms with Crippen molar-refractivity contribution in [2.45, 2.75) is 24.5 Å². The number of nitrogens with one attached hydrogen (secondary N) is 1. The molecule has 0 saturated heterocycles. The Kier molecular flexibility index (Phi) is 9.34. The van der Waals surface area contributed by atoms with Crippen molar-refractivity contribution in [1.82, 2.24) is 5.32 Å². The number of rotatable bonds is 11. The number of amides is 1. The molecule has 1 heterocycles. The molecule has 194 valence electrons. The second-order valence-electron chi connectivity index (χ2n) is 8.56. The Morgan fingerprint density at radius 1 is 1.08 bits per heavy atom. The molecule has 6 nitrogen and oxygen atoms in total. The number of aliphatic hydroxyl groups is 1. The zero-order valence-electron chi connectivity index (χ0n) is 20.0. The molecule has 0 aromatic heterocycles. The summed E-state index contributed by atoms with van der Waals surface area (Å²) < 4.78 is 26.9. The average molecular weight is 634 g/mol. The topological polar surface area (TPSA) is 80.2 Å². The first-order valence-corrected chi connectivity index (χ1v) is 13.5. The number of carbonyl (C=O) groups excluding carboxylic acids is 1. The van der Waals surface area contributed by atoms with Gasteiger partial charge in [0.1, 0.15) is 12.4 Å². The third-order valence-electron chi connectivity index (χ3n) is 5.98. The Labute approximate surface area is 232 Å². The number of halogens is 3. The fourth-order valence-electron chi connectivity index (χ4n) is 4.17. The van der Waals surface area contributed by atoms with Gasteiger partial charge in [-0.15, -0.1) is 0 Å². The zero-order valence-corrected chi connectivity index (χ0v) is 23.2. The van der Waals surface area contributed by atoms with Gasteiger partial charge in [0.2, 0.25) is 5.90 Å². The van der Waals surface area contributed by atoms with Crippen LogP contribution in [0.1, 0.15) is 29.2 Å². The molecular formula is C28H27Br2FN2O4. The van der Waals surface area contributed by atoms with Gasteiger partial charge < -0.3 is 19.9 Å². The summed E-state index contributed by atoms with van der Waals surface area (Å²) in [5, 5.41) is 11.7. The van der Waals surface area contributed by atoms with Gasteiger partial charge in [0, 0.05) is 46.1 Å².